The zero-order valence-corrected chi connectivity index (χ0v) is 15.3. The first kappa shape index (κ1) is 17.9. The van der Waals surface area contributed by atoms with Crippen molar-refractivity contribution in [3.63, 3.8) is 0 Å². The highest BCUT2D eigenvalue weighted by Gasteiger charge is 2.10. The van der Waals surface area contributed by atoms with Crippen molar-refractivity contribution in [2.75, 3.05) is 10.6 Å². The summed E-state index contributed by atoms with van der Waals surface area (Å²) in [6.07, 6.45) is 0. The molecule has 0 radical (unpaired) electrons. The SMILES string of the molecule is Cc1ccc(C)c(NC(=O)c2ccc(NCc3ccc(Cl)cc3)nn2)c1. The van der Waals surface area contributed by atoms with Gasteiger partial charge in [0.05, 0.1) is 0 Å². The zero-order valence-electron chi connectivity index (χ0n) is 14.6. The number of rotatable bonds is 5. The molecular weight excluding hydrogens is 348 g/mol. The van der Waals surface area contributed by atoms with Gasteiger partial charge in [-0.2, -0.15) is 0 Å². The van der Waals surface area contributed by atoms with Crippen LogP contribution in [-0.4, -0.2) is 16.1 Å². The summed E-state index contributed by atoms with van der Waals surface area (Å²) in [7, 11) is 0. The molecule has 0 unspecified atom stereocenters. The summed E-state index contributed by atoms with van der Waals surface area (Å²) in [6.45, 7) is 4.53. The molecule has 26 heavy (non-hydrogen) atoms. The summed E-state index contributed by atoms with van der Waals surface area (Å²) in [5, 5.41) is 14.8. The summed E-state index contributed by atoms with van der Waals surface area (Å²) in [5.41, 5.74) is 4.20. The molecule has 0 aliphatic heterocycles. The largest absolute Gasteiger partial charge is 0.365 e. The van der Waals surface area contributed by atoms with E-state index in [1.165, 1.54) is 0 Å². The highest BCUT2D eigenvalue weighted by molar-refractivity contribution is 6.30. The molecular formula is C20H19ClN4O. The molecule has 0 aliphatic rings. The number of amides is 1. The molecule has 3 aromatic rings. The molecule has 1 amide bonds. The lowest BCUT2D eigenvalue weighted by Crippen LogP contribution is -2.15. The van der Waals surface area contributed by atoms with E-state index in [9.17, 15) is 4.79 Å². The second-order valence-corrected chi connectivity index (χ2v) is 6.49. The van der Waals surface area contributed by atoms with Crippen LogP contribution in [0.1, 0.15) is 27.2 Å². The van der Waals surface area contributed by atoms with Crippen molar-refractivity contribution in [1.82, 2.24) is 10.2 Å². The van der Waals surface area contributed by atoms with E-state index in [2.05, 4.69) is 20.8 Å². The highest BCUT2D eigenvalue weighted by Crippen LogP contribution is 2.17. The van der Waals surface area contributed by atoms with E-state index in [4.69, 9.17) is 11.6 Å². The molecule has 6 heteroatoms. The van der Waals surface area contributed by atoms with Crippen LogP contribution in [0.5, 0.6) is 0 Å². The normalized spacial score (nSPS) is 10.4. The minimum absolute atomic E-state index is 0.267. The van der Waals surface area contributed by atoms with Gasteiger partial charge >= 0.3 is 0 Å². The van der Waals surface area contributed by atoms with Crippen LogP contribution in [0.3, 0.4) is 0 Å². The van der Waals surface area contributed by atoms with Gasteiger partial charge in [-0.25, -0.2) is 0 Å². The van der Waals surface area contributed by atoms with Gasteiger partial charge in [-0.3, -0.25) is 4.79 Å². The lowest BCUT2D eigenvalue weighted by molar-refractivity contribution is 0.102. The summed E-state index contributed by atoms with van der Waals surface area (Å²) in [4.78, 5) is 12.4. The van der Waals surface area contributed by atoms with Crippen molar-refractivity contribution in [2.24, 2.45) is 0 Å². The maximum atomic E-state index is 12.4. The lowest BCUT2D eigenvalue weighted by atomic mass is 10.1. The molecule has 0 atom stereocenters. The maximum absolute atomic E-state index is 12.4. The Kier molecular flexibility index (Phi) is 5.49. The second kappa shape index (κ2) is 7.97. The number of hydrogen-bond acceptors (Lipinski definition) is 4. The molecule has 2 aromatic carbocycles. The molecule has 1 aromatic heterocycles. The fourth-order valence-corrected chi connectivity index (χ4v) is 2.53. The zero-order chi connectivity index (χ0) is 18.5. The van der Waals surface area contributed by atoms with Crippen molar-refractivity contribution in [3.8, 4) is 0 Å². The van der Waals surface area contributed by atoms with Gasteiger partial charge in [0.15, 0.2) is 5.69 Å². The lowest BCUT2D eigenvalue weighted by Gasteiger charge is -2.09. The summed E-state index contributed by atoms with van der Waals surface area (Å²) >= 11 is 5.87. The van der Waals surface area contributed by atoms with E-state index < -0.39 is 0 Å². The number of carbonyl (C=O) groups is 1. The van der Waals surface area contributed by atoms with Crippen LogP contribution >= 0.6 is 11.6 Å². The molecule has 2 N–H and O–H groups in total. The van der Waals surface area contributed by atoms with Gasteiger partial charge in [0, 0.05) is 17.3 Å². The van der Waals surface area contributed by atoms with Gasteiger partial charge in [0.25, 0.3) is 5.91 Å². The van der Waals surface area contributed by atoms with Gasteiger partial charge < -0.3 is 10.6 Å². The molecule has 5 nitrogen and oxygen atoms in total. The van der Waals surface area contributed by atoms with Crippen molar-refractivity contribution in [2.45, 2.75) is 20.4 Å². The topological polar surface area (TPSA) is 66.9 Å². The standard InChI is InChI=1S/C20H19ClN4O/c1-13-3-4-14(2)18(11-13)23-20(26)17-9-10-19(25-24-17)22-12-15-5-7-16(21)8-6-15/h3-11H,12H2,1-2H3,(H,22,25)(H,23,26). The number of aromatic nitrogens is 2. The third-order valence-electron chi connectivity index (χ3n) is 3.93. The van der Waals surface area contributed by atoms with E-state index in [1.807, 2.05) is 56.3 Å². The Labute approximate surface area is 157 Å². The van der Waals surface area contributed by atoms with Crippen LogP contribution in [-0.2, 0) is 6.54 Å². The van der Waals surface area contributed by atoms with Gasteiger partial charge in [-0.15, -0.1) is 10.2 Å². The van der Waals surface area contributed by atoms with E-state index in [1.54, 1.807) is 12.1 Å². The molecule has 132 valence electrons. The molecule has 1 heterocycles. The minimum Gasteiger partial charge on any atom is -0.365 e. The molecule has 0 fully saturated rings. The van der Waals surface area contributed by atoms with Crippen molar-refractivity contribution < 1.29 is 4.79 Å². The van der Waals surface area contributed by atoms with Crippen LogP contribution in [0.4, 0.5) is 11.5 Å². The number of aryl methyl sites for hydroxylation is 2. The second-order valence-electron chi connectivity index (χ2n) is 6.06. The number of anilines is 2. The van der Waals surface area contributed by atoms with Gasteiger partial charge in [-0.1, -0.05) is 35.9 Å². The van der Waals surface area contributed by atoms with Crippen LogP contribution in [0.25, 0.3) is 0 Å². The summed E-state index contributed by atoms with van der Waals surface area (Å²) in [6, 6.07) is 16.9. The van der Waals surface area contributed by atoms with E-state index in [-0.39, 0.29) is 11.6 Å². The number of hydrogen-bond donors (Lipinski definition) is 2. The molecule has 0 saturated heterocycles. The Bertz CT molecular complexity index is 908. The Morgan fingerprint density at radius 3 is 2.46 bits per heavy atom. The van der Waals surface area contributed by atoms with Crippen molar-refractivity contribution in [3.05, 3.63) is 82.0 Å². The maximum Gasteiger partial charge on any atom is 0.276 e. The Morgan fingerprint density at radius 2 is 1.77 bits per heavy atom. The van der Waals surface area contributed by atoms with Crippen LogP contribution in [0, 0.1) is 13.8 Å². The smallest absolute Gasteiger partial charge is 0.276 e. The predicted octanol–water partition coefficient (Wildman–Crippen LogP) is 4.61. The van der Waals surface area contributed by atoms with Crippen LogP contribution in [0.15, 0.2) is 54.6 Å². The summed E-state index contributed by atoms with van der Waals surface area (Å²) < 4.78 is 0. The number of nitrogens with one attached hydrogen (secondary N) is 2. The van der Waals surface area contributed by atoms with E-state index in [0.29, 0.717) is 17.4 Å². The Balaban J connectivity index is 1.62. The number of halogens is 1. The third kappa shape index (κ3) is 4.58. The van der Waals surface area contributed by atoms with Crippen molar-refractivity contribution in [1.29, 1.82) is 0 Å². The Hall–Kier alpha value is -2.92. The van der Waals surface area contributed by atoms with Crippen LogP contribution in [0.2, 0.25) is 5.02 Å². The number of nitrogens with zero attached hydrogens (tertiary/aromatic N) is 2. The average molecular weight is 367 g/mol. The van der Waals surface area contributed by atoms with E-state index >= 15 is 0 Å². The third-order valence-corrected chi connectivity index (χ3v) is 4.18. The van der Waals surface area contributed by atoms with Gasteiger partial charge in [0.1, 0.15) is 5.82 Å². The van der Waals surface area contributed by atoms with Gasteiger partial charge in [0.2, 0.25) is 0 Å². The first-order valence-corrected chi connectivity index (χ1v) is 8.60. The minimum atomic E-state index is -0.282. The fourth-order valence-electron chi connectivity index (χ4n) is 2.40. The molecule has 3 rings (SSSR count). The molecule has 0 aliphatic carbocycles. The quantitative estimate of drug-likeness (QED) is 0.691. The first-order chi connectivity index (χ1) is 12.5. The monoisotopic (exact) mass is 366 g/mol. The van der Waals surface area contributed by atoms with Gasteiger partial charge in [-0.05, 0) is 60.9 Å². The predicted molar refractivity (Wildman–Crippen MR) is 105 cm³/mol. The molecule has 0 spiro atoms. The summed E-state index contributed by atoms with van der Waals surface area (Å²) in [5.74, 6) is 0.318. The fraction of sp³-hybridized carbons (Fsp3) is 0.150. The number of carbonyl (C=O) groups excluding carboxylic acids is 1. The van der Waals surface area contributed by atoms with Crippen molar-refractivity contribution >= 4 is 29.0 Å². The molecule has 0 bridgehead atoms. The molecule has 0 saturated carbocycles. The average Bonchev–Trinajstić information content (AvgIpc) is 2.64. The van der Waals surface area contributed by atoms with Crippen LogP contribution < -0.4 is 10.6 Å². The highest BCUT2D eigenvalue weighted by atomic mass is 35.5. The number of benzene rings is 2. The van der Waals surface area contributed by atoms with E-state index in [0.717, 1.165) is 22.4 Å². The first-order valence-electron chi connectivity index (χ1n) is 8.22. The Morgan fingerprint density at radius 1 is 1.00 bits per heavy atom.